The average Bonchev–Trinajstić information content (AvgIpc) is 3.29. The van der Waals surface area contributed by atoms with Crippen molar-refractivity contribution in [2.75, 3.05) is 42.8 Å². The number of nitrogens with zero attached hydrogens (tertiary/aromatic N) is 3. The molecule has 0 atom stereocenters. The number of methoxy groups -OCH3 is 2. The average molecular weight is 391 g/mol. The summed E-state index contributed by atoms with van der Waals surface area (Å²) in [7, 11) is 3.26. The van der Waals surface area contributed by atoms with E-state index >= 15 is 0 Å². The summed E-state index contributed by atoms with van der Waals surface area (Å²) in [6.45, 7) is 2.27. The summed E-state index contributed by atoms with van der Waals surface area (Å²) in [6.07, 6.45) is 4.25. The molecule has 4 rings (SSSR count). The lowest BCUT2D eigenvalue weighted by atomic mass is 10.2. The van der Waals surface area contributed by atoms with E-state index in [4.69, 9.17) is 9.47 Å². The van der Waals surface area contributed by atoms with Crippen LogP contribution in [-0.2, 0) is 0 Å². The van der Waals surface area contributed by atoms with Gasteiger partial charge < -0.3 is 25.0 Å². The molecule has 0 bridgehead atoms. The highest BCUT2D eigenvalue weighted by molar-refractivity contribution is 5.67. The van der Waals surface area contributed by atoms with Gasteiger partial charge in [0.2, 0.25) is 5.95 Å². The fraction of sp³-hybridized carbons (Fsp3) is 0.273. The van der Waals surface area contributed by atoms with Crippen LogP contribution in [-0.4, -0.2) is 37.3 Å². The molecule has 1 aliphatic rings. The Hall–Kier alpha value is -3.48. The first-order valence-electron chi connectivity index (χ1n) is 9.69. The Morgan fingerprint density at radius 2 is 1.69 bits per heavy atom. The molecule has 150 valence electrons. The molecule has 0 amide bonds. The summed E-state index contributed by atoms with van der Waals surface area (Å²) in [5.41, 5.74) is 2.98. The van der Waals surface area contributed by atoms with E-state index in [1.165, 1.54) is 18.5 Å². The molecule has 0 aliphatic carbocycles. The molecule has 29 heavy (non-hydrogen) atoms. The normalized spacial score (nSPS) is 13.2. The monoisotopic (exact) mass is 391 g/mol. The summed E-state index contributed by atoms with van der Waals surface area (Å²) in [5.74, 6) is 2.61. The van der Waals surface area contributed by atoms with E-state index < -0.39 is 0 Å². The third-order valence-corrected chi connectivity index (χ3v) is 4.92. The minimum absolute atomic E-state index is 0.519. The van der Waals surface area contributed by atoms with Crippen molar-refractivity contribution in [1.29, 1.82) is 0 Å². The second-order valence-electron chi connectivity index (χ2n) is 6.82. The molecule has 2 N–H and O–H groups in total. The molecule has 3 aromatic rings. The van der Waals surface area contributed by atoms with Crippen LogP contribution in [0.5, 0.6) is 11.5 Å². The maximum absolute atomic E-state index is 5.42. The smallest absolute Gasteiger partial charge is 0.229 e. The van der Waals surface area contributed by atoms with E-state index in [1.807, 2.05) is 18.2 Å². The maximum atomic E-state index is 5.42. The van der Waals surface area contributed by atoms with Crippen LogP contribution in [0.2, 0.25) is 0 Å². The van der Waals surface area contributed by atoms with Gasteiger partial charge in [0, 0.05) is 36.7 Å². The zero-order valence-electron chi connectivity index (χ0n) is 16.7. The van der Waals surface area contributed by atoms with Crippen molar-refractivity contribution in [3.8, 4) is 11.5 Å². The fourth-order valence-corrected chi connectivity index (χ4v) is 3.40. The minimum atomic E-state index is 0.519. The second kappa shape index (κ2) is 8.68. The number of rotatable bonds is 7. The predicted octanol–water partition coefficient (Wildman–Crippen LogP) is 4.58. The van der Waals surface area contributed by atoms with Crippen molar-refractivity contribution in [3.05, 3.63) is 54.7 Å². The number of nitrogens with one attached hydrogen (secondary N) is 2. The highest BCUT2D eigenvalue weighted by Gasteiger charge is 2.12. The Bertz CT molecular complexity index is 956. The maximum Gasteiger partial charge on any atom is 0.229 e. The highest BCUT2D eigenvalue weighted by Crippen LogP contribution is 2.31. The lowest BCUT2D eigenvalue weighted by Crippen LogP contribution is -2.17. The van der Waals surface area contributed by atoms with Crippen LogP contribution < -0.4 is 25.0 Å². The molecule has 2 aromatic carbocycles. The number of ether oxygens (including phenoxy) is 2. The number of hydrogen-bond donors (Lipinski definition) is 2. The molecule has 0 radical (unpaired) electrons. The number of anilines is 5. The molecule has 2 heterocycles. The van der Waals surface area contributed by atoms with Crippen molar-refractivity contribution >= 4 is 28.8 Å². The highest BCUT2D eigenvalue weighted by atomic mass is 16.5. The fourth-order valence-electron chi connectivity index (χ4n) is 3.40. The van der Waals surface area contributed by atoms with Crippen molar-refractivity contribution in [2.24, 2.45) is 0 Å². The Morgan fingerprint density at radius 3 is 2.41 bits per heavy atom. The Morgan fingerprint density at radius 1 is 0.897 bits per heavy atom. The van der Waals surface area contributed by atoms with Gasteiger partial charge in [0.25, 0.3) is 0 Å². The van der Waals surface area contributed by atoms with Gasteiger partial charge in [-0.25, -0.2) is 4.98 Å². The van der Waals surface area contributed by atoms with E-state index in [-0.39, 0.29) is 0 Å². The molecule has 1 aromatic heterocycles. The molecule has 1 saturated heterocycles. The minimum Gasteiger partial charge on any atom is -0.497 e. The van der Waals surface area contributed by atoms with Gasteiger partial charge in [0.05, 0.1) is 19.9 Å². The van der Waals surface area contributed by atoms with E-state index in [0.717, 1.165) is 30.2 Å². The molecular weight excluding hydrogens is 366 g/mol. The van der Waals surface area contributed by atoms with Crippen LogP contribution >= 0.6 is 0 Å². The topological polar surface area (TPSA) is 71.5 Å². The molecule has 0 spiro atoms. The summed E-state index contributed by atoms with van der Waals surface area (Å²) in [5, 5.41) is 6.53. The van der Waals surface area contributed by atoms with Gasteiger partial charge in [-0.15, -0.1) is 0 Å². The zero-order valence-corrected chi connectivity index (χ0v) is 16.7. The molecule has 7 nitrogen and oxygen atoms in total. The van der Waals surface area contributed by atoms with Crippen LogP contribution in [0.4, 0.5) is 28.8 Å². The molecule has 0 saturated carbocycles. The number of benzene rings is 2. The van der Waals surface area contributed by atoms with Crippen LogP contribution in [0.15, 0.2) is 54.7 Å². The SMILES string of the molecule is COc1ccc(OC)c(Nc2ccnc(Nc3ccc(N4CCCC4)cc3)n2)c1. The van der Waals surface area contributed by atoms with Crippen LogP contribution in [0.25, 0.3) is 0 Å². The van der Waals surface area contributed by atoms with E-state index in [2.05, 4.69) is 49.8 Å². The van der Waals surface area contributed by atoms with Gasteiger partial charge in [-0.05, 0) is 55.3 Å². The van der Waals surface area contributed by atoms with Gasteiger partial charge in [0.15, 0.2) is 0 Å². The number of aromatic nitrogens is 2. The van der Waals surface area contributed by atoms with E-state index in [0.29, 0.717) is 17.5 Å². The number of hydrogen-bond acceptors (Lipinski definition) is 7. The summed E-state index contributed by atoms with van der Waals surface area (Å²) in [6, 6.07) is 15.8. The second-order valence-corrected chi connectivity index (χ2v) is 6.82. The lowest BCUT2D eigenvalue weighted by molar-refractivity contribution is 0.405. The largest absolute Gasteiger partial charge is 0.497 e. The summed E-state index contributed by atoms with van der Waals surface area (Å²) < 4.78 is 10.7. The summed E-state index contributed by atoms with van der Waals surface area (Å²) in [4.78, 5) is 11.3. The molecule has 0 unspecified atom stereocenters. The lowest BCUT2D eigenvalue weighted by Gasteiger charge is -2.17. The van der Waals surface area contributed by atoms with E-state index in [9.17, 15) is 0 Å². The van der Waals surface area contributed by atoms with Gasteiger partial charge in [-0.3, -0.25) is 0 Å². The first-order chi connectivity index (χ1) is 14.2. The van der Waals surface area contributed by atoms with Crippen LogP contribution in [0.3, 0.4) is 0 Å². The van der Waals surface area contributed by atoms with Crippen molar-refractivity contribution in [2.45, 2.75) is 12.8 Å². The summed E-state index contributed by atoms with van der Waals surface area (Å²) >= 11 is 0. The van der Waals surface area contributed by atoms with Crippen molar-refractivity contribution in [1.82, 2.24) is 9.97 Å². The zero-order chi connectivity index (χ0) is 20.1. The molecule has 1 aliphatic heterocycles. The van der Waals surface area contributed by atoms with Gasteiger partial charge in [0.1, 0.15) is 17.3 Å². The van der Waals surface area contributed by atoms with Crippen molar-refractivity contribution < 1.29 is 9.47 Å². The van der Waals surface area contributed by atoms with Crippen LogP contribution in [0.1, 0.15) is 12.8 Å². The van der Waals surface area contributed by atoms with Gasteiger partial charge >= 0.3 is 0 Å². The molecular formula is C22H25N5O2. The standard InChI is InChI=1S/C22H25N5O2/c1-28-18-9-10-20(29-2)19(15-18)25-21-11-12-23-22(26-21)24-16-5-7-17(8-6-16)27-13-3-4-14-27/h5-12,15H,3-4,13-14H2,1-2H3,(H2,23,24,25,26). The molecule has 1 fully saturated rings. The first-order valence-corrected chi connectivity index (χ1v) is 9.69. The predicted molar refractivity (Wildman–Crippen MR) is 116 cm³/mol. The third kappa shape index (κ3) is 4.51. The molecule has 7 heteroatoms. The van der Waals surface area contributed by atoms with Crippen LogP contribution in [0, 0.1) is 0 Å². The Balaban J connectivity index is 1.47. The van der Waals surface area contributed by atoms with Gasteiger partial charge in [-0.1, -0.05) is 0 Å². The Labute approximate surface area is 170 Å². The Kier molecular flexibility index (Phi) is 5.65. The van der Waals surface area contributed by atoms with E-state index in [1.54, 1.807) is 26.5 Å². The third-order valence-electron chi connectivity index (χ3n) is 4.92. The van der Waals surface area contributed by atoms with Crippen molar-refractivity contribution in [3.63, 3.8) is 0 Å². The first kappa shape index (κ1) is 18.9. The van der Waals surface area contributed by atoms with Gasteiger partial charge in [-0.2, -0.15) is 4.98 Å². The quantitative estimate of drug-likeness (QED) is 0.611.